The molecule has 0 spiro atoms. The Kier molecular flexibility index (Phi) is 3.99. The lowest BCUT2D eigenvalue weighted by molar-refractivity contribution is -0.155. The number of amides is 2. The third-order valence-electron chi connectivity index (χ3n) is 3.21. The van der Waals surface area contributed by atoms with E-state index in [0.29, 0.717) is 24.2 Å². The van der Waals surface area contributed by atoms with E-state index in [4.69, 9.17) is 18.0 Å². The number of hydrogen-bond acceptors (Lipinski definition) is 3. The molecule has 1 saturated heterocycles. The van der Waals surface area contributed by atoms with E-state index in [2.05, 4.69) is 0 Å². The van der Waals surface area contributed by atoms with Crippen molar-refractivity contribution in [3.05, 3.63) is 35.1 Å². The lowest BCUT2D eigenvalue weighted by atomic mass is 10.1. The van der Waals surface area contributed by atoms with Gasteiger partial charge in [-0.2, -0.15) is 0 Å². The van der Waals surface area contributed by atoms with Crippen LogP contribution in [0.25, 0.3) is 0 Å². The molecule has 1 aromatic rings. The van der Waals surface area contributed by atoms with Crippen molar-refractivity contribution in [2.75, 3.05) is 20.1 Å². The van der Waals surface area contributed by atoms with Gasteiger partial charge in [-0.15, -0.1) is 0 Å². The van der Waals surface area contributed by atoms with Crippen LogP contribution in [0.15, 0.2) is 18.2 Å². The lowest BCUT2D eigenvalue weighted by Crippen LogP contribution is -2.52. The molecule has 20 heavy (non-hydrogen) atoms. The van der Waals surface area contributed by atoms with Crippen LogP contribution in [0.2, 0.25) is 0 Å². The Bertz CT molecular complexity index is 591. The maximum atomic E-state index is 13.8. The minimum Gasteiger partial charge on any atom is -0.389 e. The van der Waals surface area contributed by atoms with Crippen molar-refractivity contribution in [1.82, 2.24) is 9.80 Å². The maximum Gasteiger partial charge on any atom is 0.312 e. The highest BCUT2D eigenvalue weighted by atomic mass is 32.1. The van der Waals surface area contributed by atoms with E-state index in [1.807, 2.05) is 0 Å². The Morgan fingerprint density at radius 3 is 2.70 bits per heavy atom. The molecule has 1 aliphatic rings. The molecule has 2 rings (SSSR count). The Morgan fingerprint density at radius 2 is 2.05 bits per heavy atom. The molecule has 0 saturated carbocycles. The molecule has 0 aromatic heterocycles. The second-order valence-electron chi connectivity index (χ2n) is 4.62. The Labute approximate surface area is 121 Å². The van der Waals surface area contributed by atoms with E-state index in [-0.39, 0.29) is 11.5 Å². The fourth-order valence-electron chi connectivity index (χ4n) is 1.98. The molecule has 2 N–H and O–H groups in total. The van der Waals surface area contributed by atoms with E-state index in [1.165, 1.54) is 28.0 Å². The second kappa shape index (κ2) is 5.54. The van der Waals surface area contributed by atoms with E-state index in [1.54, 1.807) is 7.05 Å². The number of thiocarbonyl (C=S) groups is 1. The van der Waals surface area contributed by atoms with Crippen LogP contribution in [-0.4, -0.2) is 46.7 Å². The molecule has 0 unspecified atom stereocenters. The standard InChI is InChI=1S/C13H14FN3O2S/c1-16-4-5-17(13(19)12(16)18)7-9-6-8(11(15)20)2-3-10(9)14/h2-3,6H,4-5,7H2,1H3,(H2,15,20). The smallest absolute Gasteiger partial charge is 0.312 e. The Balaban J connectivity index is 2.22. The minimum absolute atomic E-state index is 0.0285. The van der Waals surface area contributed by atoms with Crippen molar-refractivity contribution in [3.63, 3.8) is 0 Å². The highest BCUT2D eigenvalue weighted by Crippen LogP contribution is 2.15. The van der Waals surface area contributed by atoms with Crippen LogP contribution in [0, 0.1) is 5.82 Å². The number of carbonyl (C=O) groups excluding carboxylic acids is 2. The molecular formula is C13H14FN3O2S. The van der Waals surface area contributed by atoms with Crippen molar-refractivity contribution in [1.29, 1.82) is 0 Å². The summed E-state index contributed by atoms with van der Waals surface area (Å²) in [4.78, 5) is 26.2. The molecule has 5 nitrogen and oxygen atoms in total. The van der Waals surface area contributed by atoms with Gasteiger partial charge in [0.2, 0.25) is 0 Å². The number of halogens is 1. The molecule has 0 bridgehead atoms. The maximum absolute atomic E-state index is 13.8. The first-order valence-corrected chi connectivity index (χ1v) is 6.43. The molecule has 1 heterocycles. The molecule has 1 fully saturated rings. The molecule has 0 aliphatic carbocycles. The number of nitrogens with two attached hydrogens (primary N) is 1. The average molecular weight is 295 g/mol. The summed E-state index contributed by atoms with van der Waals surface area (Å²) in [7, 11) is 1.56. The van der Waals surface area contributed by atoms with E-state index < -0.39 is 17.6 Å². The van der Waals surface area contributed by atoms with Crippen molar-refractivity contribution in [2.45, 2.75) is 6.54 Å². The van der Waals surface area contributed by atoms with Gasteiger partial charge in [-0.1, -0.05) is 12.2 Å². The summed E-state index contributed by atoms with van der Waals surface area (Å²) in [6.07, 6.45) is 0. The SMILES string of the molecule is CN1CCN(Cc2cc(C(N)=S)ccc2F)C(=O)C1=O. The summed E-state index contributed by atoms with van der Waals surface area (Å²) in [6, 6.07) is 4.25. The Hall–Kier alpha value is -2.02. The summed E-state index contributed by atoms with van der Waals surface area (Å²) < 4.78 is 13.8. The zero-order valence-electron chi connectivity index (χ0n) is 10.9. The van der Waals surface area contributed by atoms with Crippen molar-refractivity contribution < 1.29 is 14.0 Å². The van der Waals surface area contributed by atoms with Crippen LogP contribution in [0.5, 0.6) is 0 Å². The monoisotopic (exact) mass is 295 g/mol. The van der Waals surface area contributed by atoms with Crippen LogP contribution >= 0.6 is 12.2 Å². The topological polar surface area (TPSA) is 66.6 Å². The van der Waals surface area contributed by atoms with Gasteiger partial charge in [0, 0.05) is 37.8 Å². The van der Waals surface area contributed by atoms with E-state index >= 15 is 0 Å². The zero-order chi connectivity index (χ0) is 14.9. The third-order valence-corrected chi connectivity index (χ3v) is 3.45. The first-order chi connectivity index (χ1) is 9.40. The number of piperazine rings is 1. The molecule has 106 valence electrons. The fraction of sp³-hybridized carbons (Fsp3) is 0.308. The number of benzene rings is 1. The number of hydrogen-bond donors (Lipinski definition) is 1. The molecule has 7 heteroatoms. The van der Waals surface area contributed by atoms with E-state index in [0.717, 1.165) is 0 Å². The normalized spacial score (nSPS) is 15.7. The molecule has 2 amide bonds. The van der Waals surface area contributed by atoms with Gasteiger partial charge in [-0.05, 0) is 18.2 Å². The molecular weight excluding hydrogens is 281 g/mol. The highest BCUT2D eigenvalue weighted by Gasteiger charge is 2.30. The lowest BCUT2D eigenvalue weighted by Gasteiger charge is -2.31. The minimum atomic E-state index is -0.626. The highest BCUT2D eigenvalue weighted by molar-refractivity contribution is 7.80. The molecule has 1 aromatic carbocycles. The fourth-order valence-corrected chi connectivity index (χ4v) is 2.10. The van der Waals surface area contributed by atoms with Crippen molar-refractivity contribution in [3.8, 4) is 0 Å². The molecule has 0 atom stereocenters. The summed E-state index contributed by atoms with van der Waals surface area (Å²) >= 11 is 4.84. The first kappa shape index (κ1) is 14.4. The Morgan fingerprint density at radius 1 is 1.35 bits per heavy atom. The van der Waals surface area contributed by atoms with Gasteiger partial charge < -0.3 is 15.5 Å². The van der Waals surface area contributed by atoms with Crippen molar-refractivity contribution in [2.24, 2.45) is 5.73 Å². The van der Waals surface area contributed by atoms with Crippen LogP contribution in [0.4, 0.5) is 4.39 Å². The molecule has 0 radical (unpaired) electrons. The van der Waals surface area contributed by atoms with Crippen LogP contribution in [0.1, 0.15) is 11.1 Å². The zero-order valence-corrected chi connectivity index (χ0v) is 11.7. The summed E-state index contributed by atoms with van der Waals surface area (Å²) in [5.41, 5.74) is 6.33. The summed E-state index contributed by atoms with van der Waals surface area (Å²) in [5, 5.41) is 0. The van der Waals surface area contributed by atoms with Crippen LogP contribution in [0.3, 0.4) is 0 Å². The van der Waals surface area contributed by atoms with E-state index in [9.17, 15) is 14.0 Å². The number of carbonyl (C=O) groups is 2. The summed E-state index contributed by atoms with van der Waals surface area (Å²) in [5.74, 6) is -1.66. The van der Waals surface area contributed by atoms with Gasteiger partial charge in [-0.25, -0.2) is 4.39 Å². The average Bonchev–Trinajstić information content (AvgIpc) is 2.41. The predicted octanol–water partition coefficient (Wildman–Crippen LogP) is 0.261. The van der Waals surface area contributed by atoms with Crippen LogP contribution in [-0.2, 0) is 16.1 Å². The van der Waals surface area contributed by atoms with Gasteiger partial charge >= 0.3 is 11.8 Å². The predicted molar refractivity (Wildman–Crippen MR) is 75.3 cm³/mol. The van der Waals surface area contributed by atoms with Gasteiger partial charge in [0.25, 0.3) is 0 Å². The number of rotatable bonds is 3. The largest absolute Gasteiger partial charge is 0.389 e. The number of likely N-dealkylation sites (N-methyl/N-ethyl adjacent to an activating group) is 1. The molecule has 1 aliphatic heterocycles. The van der Waals surface area contributed by atoms with Gasteiger partial charge in [0.15, 0.2) is 0 Å². The second-order valence-corrected chi connectivity index (χ2v) is 5.06. The van der Waals surface area contributed by atoms with Crippen molar-refractivity contribution >= 4 is 29.0 Å². The third kappa shape index (κ3) is 2.77. The van der Waals surface area contributed by atoms with Gasteiger partial charge in [0.1, 0.15) is 10.8 Å². The van der Waals surface area contributed by atoms with Crippen LogP contribution < -0.4 is 5.73 Å². The number of nitrogens with zero attached hydrogens (tertiary/aromatic N) is 2. The quantitative estimate of drug-likeness (QED) is 0.642. The van der Waals surface area contributed by atoms with Gasteiger partial charge in [0.05, 0.1) is 0 Å². The summed E-state index contributed by atoms with van der Waals surface area (Å²) in [6.45, 7) is 0.833. The first-order valence-electron chi connectivity index (χ1n) is 6.02. The van der Waals surface area contributed by atoms with Gasteiger partial charge in [-0.3, -0.25) is 9.59 Å².